The number of carbonyl (C=O) groups excluding carboxylic acids is 1. The number of amides is 1. The van der Waals surface area contributed by atoms with Gasteiger partial charge in [-0.1, -0.05) is 18.6 Å². The molecule has 0 spiro atoms. The molecule has 0 aromatic heterocycles. The van der Waals surface area contributed by atoms with E-state index in [2.05, 4.69) is 5.32 Å². The molecule has 0 unspecified atom stereocenters. The van der Waals surface area contributed by atoms with Crippen LogP contribution in [0.5, 0.6) is 0 Å². The van der Waals surface area contributed by atoms with Crippen LogP contribution in [0.25, 0.3) is 0 Å². The quantitative estimate of drug-likeness (QED) is 0.886. The lowest BCUT2D eigenvalue weighted by atomic mass is 9.95. The van der Waals surface area contributed by atoms with E-state index >= 15 is 0 Å². The number of anilines is 1. The molecule has 2 aliphatic carbocycles. The van der Waals surface area contributed by atoms with E-state index in [1.54, 1.807) is 6.07 Å². The number of rotatable bonds is 5. The normalized spacial score (nSPS) is 25.7. The van der Waals surface area contributed by atoms with Crippen LogP contribution in [0.1, 0.15) is 36.8 Å². The van der Waals surface area contributed by atoms with Crippen molar-refractivity contribution in [3.05, 3.63) is 29.3 Å². The molecule has 0 saturated heterocycles. The van der Waals surface area contributed by atoms with Crippen molar-refractivity contribution in [3.63, 3.8) is 0 Å². The first-order valence-electron chi connectivity index (χ1n) is 8.59. The lowest BCUT2D eigenvalue weighted by Gasteiger charge is -2.27. The summed E-state index contributed by atoms with van der Waals surface area (Å²) in [5, 5.41) is 3.07. The molecule has 2 fully saturated rings. The first kappa shape index (κ1) is 17.3. The van der Waals surface area contributed by atoms with Gasteiger partial charge in [-0.3, -0.25) is 9.10 Å². The predicted molar refractivity (Wildman–Crippen MR) is 95.5 cm³/mol. The largest absolute Gasteiger partial charge is 0.352 e. The first-order chi connectivity index (χ1) is 11.3. The Balaban J connectivity index is 1.75. The molecule has 1 N–H and O–H groups in total. The van der Waals surface area contributed by atoms with Crippen molar-refractivity contribution in [2.24, 2.45) is 11.8 Å². The molecule has 3 rings (SSSR count). The Morgan fingerprint density at radius 2 is 2.00 bits per heavy atom. The molecule has 2 bridgehead atoms. The summed E-state index contributed by atoms with van der Waals surface area (Å²) in [4.78, 5) is 12.5. The molecule has 0 heterocycles. The highest BCUT2D eigenvalue weighted by Gasteiger charge is 2.40. The fourth-order valence-corrected chi connectivity index (χ4v) is 5.10. The minimum Gasteiger partial charge on any atom is -0.352 e. The van der Waals surface area contributed by atoms with Gasteiger partial charge in [-0.15, -0.1) is 0 Å². The number of fused-ring (bicyclic) bond motifs is 2. The highest BCUT2D eigenvalue weighted by atomic mass is 32.2. The molecule has 132 valence electrons. The zero-order valence-corrected chi connectivity index (χ0v) is 15.4. The second-order valence-electron chi connectivity index (χ2n) is 7.34. The molecule has 2 saturated carbocycles. The number of sulfonamides is 1. The predicted octanol–water partition coefficient (Wildman–Crippen LogP) is 2.37. The number of hydrogen-bond donors (Lipinski definition) is 1. The third kappa shape index (κ3) is 3.43. The van der Waals surface area contributed by atoms with Crippen molar-refractivity contribution in [3.8, 4) is 0 Å². The molecule has 0 radical (unpaired) electrons. The van der Waals surface area contributed by atoms with Crippen LogP contribution in [-0.4, -0.2) is 33.2 Å². The number of nitrogens with one attached hydrogen (secondary N) is 1. The maximum absolute atomic E-state index is 12.5. The summed E-state index contributed by atoms with van der Waals surface area (Å²) in [6.45, 7) is 3.67. The molecule has 0 aliphatic heterocycles. The van der Waals surface area contributed by atoms with Crippen LogP contribution in [0.15, 0.2) is 18.2 Å². The van der Waals surface area contributed by atoms with E-state index in [4.69, 9.17) is 0 Å². The van der Waals surface area contributed by atoms with Crippen LogP contribution in [0.4, 0.5) is 5.69 Å². The van der Waals surface area contributed by atoms with Gasteiger partial charge >= 0.3 is 0 Å². The average molecular weight is 350 g/mol. The molecule has 2 aliphatic rings. The van der Waals surface area contributed by atoms with Gasteiger partial charge in [-0.25, -0.2) is 8.42 Å². The summed E-state index contributed by atoms with van der Waals surface area (Å²) in [6.07, 6.45) is 5.85. The summed E-state index contributed by atoms with van der Waals surface area (Å²) < 4.78 is 25.7. The van der Waals surface area contributed by atoms with Gasteiger partial charge < -0.3 is 5.32 Å². The molecular formula is C18H26N2O3S. The van der Waals surface area contributed by atoms with Crippen LogP contribution in [0.2, 0.25) is 0 Å². The second kappa shape index (κ2) is 6.39. The molecule has 1 aromatic carbocycles. The van der Waals surface area contributed by atoms with Crippen LogP contribution >= 0.6 is 0 Å². The third-order valence-corrected chi connectivity index (χ3v) is 6.74. The van der Waals surface area contributed by atoms with E-state index in [1.165, 1.54) is 23.6 Å². The van der Waals surface area contributed by atoms with E-state index < -0.39 is 10.0 Å². The first-order valence-corrected chi connectivity index (χ1v) is 10.4. The maximum Gasteiger partial charge on any atom is 0.241 e. The summed E-state index contributed by atoms with van der Waals surface area (Å²) in [5.41, 5.74) is 2.48. The van der Waals surface area contributed by atoms with Crippen molar-refractivity contribution in [1.29, 1.82) is 0 Å². The van der Waals surface area contributed by atoms with E-state index in [1.807, 2.05) is 26.0 Å². The highest BCUT2D eigenvalue weighted by Crippen LogP contribution is 2.44. The van der Waals surface area contributed by atoms with Gasteiger partial charge in [0.25, 0.3) is 0 Å². The van der Waals surface area contributed by atoms with Crippen molar-refractivity contribution in [2.45, 2.75) is 45.6 Å². The smallest absolute Gasteiger partial charge is 0.241 e. The Hall–Kier alpha value is -1.56. The van der Waals surface area contributed by atoms with Crippen LogP contribution in [-0.2, 0) is 14.8 Å². The summed E-state index contributed by atoms with van der Waals surface area (Å²) in [5.74, 6) is 1.11. The van der Waals surface area contributed by atoms with Gasteiger partial charge in [-0.05, 0) is 62.1 Å². The fourth-order valence-electron chi connectivity index (χ4n) is 4.19. The Kier molecular flexibility index (Phi) is 4.60. The van der Waals surface area contributed by atoms with E-state index in [0.717, 1.165) is 29.7 Å². The van der Waals surface area contributed by atoms with Crippen LogP contribution < -0.4 is 9.62 Å². The van der Waals surface area contributed by atoms with Crippen LogP contribution in [0.3, 0.4) is 0 Å². The van der Waals surface area contributed by atoms with Crippen LogP contribution in [0, 0.1) is 25.7 Å². The summed E-state index contributed by atoms with van der Waals surface area (Å²) in [7, 11) is -3.52. The standard InChI is InChI=1S/C18H26N2O3S/c1-12-5-4-6-17(13(12)2)20(24(3,22)23)11-18(21)19-16-10-14-7-8-15(16)9-14/h4-6,14-16H,7-11H2,1-3H3,(H,19,21)/t14-,15-,16-/m0/s1. The van der Waals surface area contributed by atoms with Gasteiger partial charge in [-0.2, -0.15) is 0 Å². The Morgan fingerprint density at radius 3 is 2.58 bits per heavy atom. The molecule has 1 amide bonds. The molecule has 3 atom stereocenters. The molecular weight excluding hydrogens is 324 g/mol. The summed E-state index contributed by atoms with van der Waals surface area (Å²) in [6, 6.07) is 5.74. The van der Waals surface area contributed by atoms with Gasteiger partial charge in [0.15, 0.2) is 0 Å². The molecule has 24 heavy (non-hydrogen) atoms. The number of benzene rings is 1. The SMILES string of the molecule is Cc1cccc(N(CC(=O)N[C@H]2C[C@H]3CC[C@H]2C3)S(C)(=O)=O)c1C. The molecule has 1 aromatic rings. The Labute approximate surface area is 144 Å². The van der Waals surface area contributed by atoms with Crippen molar-refractivity contribution < 1.29 is 13.2 Å². The monoisotopic (exact) mass is 350 g/mol. The van der Waals surface area contributed by atoms with Gasteiger partial charge in [0.2, 0.25) is 15.9 Å². The van der Waals surface area contributed by atoms with E-state index in [0.29, 0.717) is 11.6 Å². The number of nitrogens with zero attached hydrogens (tertiary/aromatic N) is 1. The number of hydrogen-bond acceptors (Lipinski definition) is 3. The average Bonchev–Trinajstić information content (AvgIpc) is 3.09. The highest BCUT2D eigenvalue weighted by molar-refractivity contribution is 7.92. The topological polar surface area (TPSA) is 66.5 Å². The Bertz CT molecular complexity index is 745. The van der Waals surface area contributed by atoms with E-state index in [9.17, 15) is 13.2 Å². The third-order valence-electron chi connectivity index (χ3n) is 5.62. The maximum atomic E-state index is 12.5. The molecule has 6 heteroatoms. The van der Waals surface area contributed by atoms with Crippen molar-refractivity contribution in [2.75, 3.05) is 17.1 Å². The van der Waals surface area contributed by atoms with Gasteiger partial charge in [0, 0.05) is 6.04 Å². The van der Waals surface area contributed by atoms with E-state index in [-0.39, 0.29) is 18.5 Å². The lowest BCUT2D eigenvalue weighted by Crippen LogP contribution is -2.45. The number of carbonyl (C=O) groups is 1. The van der Waals surface area contributed by atoms with Gasteiger partial charge in [0.1, 0.15) is 6.54 Å². The van der Waals surface area contributed by atoms with Crippen molar-refractivity contribution >= 4 is 21.6 Å². The van der Waals surface area contributed by atoms with Crippen molar-refractivity contribution in [1.82, 2.24) is 5.32 Å². The summed E-state index contributed by atoms with van der Waals surface area (Å²) >= 11 is 0. The Morgan fingerprint density at radius 1 is 1.25 bits per heavy atom. The van der Waals surface area contributed by atoms with Gasteiger partial charge in [0.05, 0.1) is 11.9 Å². The fraction of sp³-hybridized carbons (Fsp3) is 0.611. The minimum atomic E-state index is -3.52. The minimum absolute atomic E-state index is 0.156. The second-order valence-corrected chi connectivity index (χ2v) is 9.24. The lowest BCUT2D eigenvalue weighted by molar-refractivity contribution is -0.120. The number of aryl methyl sites for hydroxylation is 1. The molecule has 5 nitrogen and oxygen atoms in total. The zero-order valence-electron chi connectivity index (χ0n) is 14.6. The zero-order chi connectivity index (χ0) is 17.5.